The van der Waals surface area contributed by atoms with Gasteiger partial charge in [0.15, 0.2) is 0 Å². The first-order valence-corrected chi connectivity index (χ1v) is 9.75. The van der Waals surface area contributed by atoms with Crippen LogP contribution >= 0.6 is 23.4 Å². The monoisotopic (exact) mass is 376 g/mol. The van der Waals surface area contributed by atoms with Crippen molar-refractivity contribution in [2.24, 2.45) is 5.41 Å². The van der Waals surface area contributed by atoms with E-state index in [4.69, 9.17) is 16.6 Å². The number of nitrogens with zero attached hydrogens (tertiary/aromatic N) is 2. The Morgan fingerprint density at radius 1 is 1.16 bits per heavy atom. The molecule has 0 saturated heterocycles. The van der Waals surface area contributed by atoms with Crippen LogP contribution in [-0.4, -0.2) is 17.4 Å². The van der Waals surface area contributed by atoms with Gasteiger partial charge in [0.1, 0.15) is 0 Å². The third-order valence-corrected chi connectivity index (χ3v) is 5.11. The first-order valence-electron chi connectivity index (χ1n) is 8.39. The second kappa shape index (κ2) is 8.24. The number of carbonyl (C=O) groups is 1. The van der Waals surface area contributed by atoms with Crippen molar-refractivity contribution in [3.63, 3.8) is 0 Å². The van der Waals surface area contributed by atoms with Crippen molar-refractivity contribution in [2.75, 3.05) is 11.4 Å². The van der Waals surface area contributed by atoms with Crippen LogP contribution in [-0.2, 0) is 10.5 Å². The van der Waals surface area contributed by atoms with Crippen LogP contribution in [0.5, 0.6) is 0 Å². The molecular weight excluding hydrogens is 352 g/mol. The van der Waals surface area contributed by atoms with Gasteiger partial charge in [0.25, 0.3) is 0 Å². The molecule has 0 unspecified atom stereocenters. The maximum Gasteiger partial charge on any atom is 0.232 e. The maximum absolute atomic E-state index is 12.7. The summed E-state index contributed by atoms with van der Waals surface area (Å²) in [5.74, 6) is 0.894. The number of aryl methyl sites for hydroxylation is 1. The minimum Gasteiger partial charge on any atom is -0.310 e. The number of halogens is 1. The number of carbonyl (C=O) groups excluding carboxylic acids is 1. The van der Waals surface area contributed by atoms with E-state index in [0.29, 0.717) is 6.54 Å². The largest absolute Gasteiger partial charge is 0.310 e. The van der Waals surface area contributed by atoms with E-state index in [1.165, 1.54) is 0 Å². The standard InChI is InChI=1S/C20H25ClN2OS/c1-6-23(19(24)20(3,4)5)18-12-9-16(22-14(18)2)13-25-17-10-7-15(21)8-11-17/h7-12H,6,13H2,1-5H3. The molecule has 0 atom stereocenters. The van der Waals surface area contributed by atoms with Gasteiger partial charge in [-0.3, -0.25) is 9.78 Å². The lowest BCUT2D eigenvalue weighted by molar-refractivity contribution is -0.125. The van der Waals surface area contributed by atoms with E-state index in [0.717, 1.165) is 32.7 Å². The molecule has 2 aromatic rings. The average Bonchev–Trinajstić information content (AvgIpc) is 2.55. The normalized spacial score (nSPS) is 11.4. The van der Waals surface area contributed by atoms with Crippen LogP contribution in [0.15, 0.2) is 41.3 Å². The van der Waals surface area contributed by atoms with Gasteiger partial charge in [0.2, 0.25) is 5.91 Å². The second-order valence-corrected chi connectivity index (χ2v) is 8.43. The number of thioether (sulfide) groups is 1. The van der Waals surface area contributed by atoms with Gasteiger partial charge in [0, 0.05) is 27.6 Å². The van der Waals surface area contributed by atoms with Gasteiger partial charge in [-0.15, -0.1) is 11.8 Å². The van der Waals surface area contributed by atoms with Gasteiger partial charge >= 0.3 is 0 Å². The molecule has 1 aromatic carbocycles. The summed E-state index contributed by atoms with van der Waals surface area (Å²) in [5.41, 5.74) is 2.36. The van der Waals surface area contributed by atoms with Crippen LogP contribution in [0.2, 0.25) is 5.02 Å². The van der Waals surface area contributed by atoms with Crippen molar-refractivity contribution in [2.45, 2.75) is 45.3 Å². The van der Waals surface area contributed by atoms with E-state index in [1.54, 1.807) is 11.8 Å². The molecule has 1 heterocycles. The summed E-state index contributed by atoms with van der Waals surface area (Å²) >= 11 is 7.63. The van der Waals surface area contributed by atoms with Gasteiger partial charge in [0.05, 0.1) is 17.1 Å². The number of hydrogen-bond acceptors (Lipinski definition) is 3. The third-order valence-electron chi connectivity index (χ3n) is 3.81. The molecule has 0 radical (unpaired) electrons. The molecule has 134 valence electrons. The molecule has 2 rings (SSSR count). The zero-order valence-electron chi connectivity index (χ0n) is 15.5. The third kappa shape index (κ3) is 5.23. The molecule has 0 spiro atoms. The molecule has 0 bridgehead atoms. The predicted octanol–water partition coefficient (Wildman–Crippen LogP) is 5.73. The van der Waals surface area contributed by atoms with Crippen molar-refractivity contribution in [1.82, 2.24) is 4.98 Å². The first kappa shape index (κ1) is 19.8. The Morgan fingerprint density at radius 3 is 2.32 bits per heavy atom. The Bertz CT molecular complexity index is 738. The Hall–Kier alpha value is -1.52. The van der Waals surface area contributed by atoms with E-state index in [-0.39, 0.29) is 5.91 Å². The molecule has 3 nitrogen and oxygen atoms in total. The zero-order chi connectivity index (χ0) is 18.6. The van der Waals surface area contributed by atoms with Crippen LogP contribution in [0.3, 0.4) is 0 Å². The lowest BCUT2D eigenvalue weighted by Gasteiger charge is -2.29. The van der Waals surface area contributed by atoms with Crippen LogP contribution in [0.4, 0.5) is 5.69 Å². The minimum atomic E-state index is -0.411. The van der Waals surface area contributed by atoms with Gasteiger partial charge < -0.3 is 4.90 Å². The van der Waals surface area contributed by atoms with Crippen LogP contribution in [0.1, 0.15) is 39.1 Å². The van der Waals surface area contributed by atoms with Crippen molar-refractivity contribution in [1.29, 1.82) is 0 Å². The highest BCUT2D eigenvalue weighted by atomic mass is 35.5. The Kier molecular flexibility index (Phi) is 6.53. The quantitative estimate of drug-likeness (QED) is 0.624. The van der Waals surface area contributed by atoms with Crippen molar-refractivity contribution in [3.8, 4) is 0 Å². The molecular formula is C20H25ClN2OS. The number of benzene rings is 1. The summed E-state index contributed by atoms with van der Waals surface area (Å²) in [6, 6.07) is 11.8. The number of pyridine rings is 1. The van der Waals surface area contributed by atoms with Crippen LogP contribution in [0, 0.1) is 12.3 Å². The Balaban J connectivity index is 2.14. The fourth-order valence-corrected chi connectivity index (χ4v) is 3.42. The molecule has 25 heavy (non-hydrogen) atoms. The highest BCUT2D eigenvalue weighted by Gasteiger charge is 2.28. The summed E-state index contributed by atoms with van der Waals surface area (Å²) in [6.07, 6.45) is 0. The average molecular weight is 377 g/mol. The van der Waals surface area contributed by atoms with Gasteiger partial charge in [-0.2, -0.15) is 0 Å². The fraction of sp³-hybridized carbons (Fsp3) is 0.400. The minimum absolute atomic E-state index is 0.114. The molecule has 0 N–H and O–H groups in total. The lowest BCUT2D eigenvalue weighted by atomic mass is 9.94. The SMILES string of the molecule is CCN(C(=O)C(C)(C)C)c1ccc(CSc2ccc(Cl)cc2)nc1C. The number of anilines is 1. The molecule has 0 aliphatic heterocycles. The van der Waals surface area contributed by atoms with E-state index in [9.17, 15) is 4.79 Å². The summed E-state index contributed by atoms with van der Waals surface area (Å²) < 4.78 is 0. The van der Waals surface area contributed by atoms with Gasteiger partial charge in [-0.1, -0.05) is 32.4 Å². The van der Waals surface area contributed by atoms with E-state index in [2.05, 4.69) is 0 Å². The lowest BCUT2D eigenvalue weighted by Crippen LogP contribution is -2.40. The second-order valence-electron chi connectivity index (χ2n) is 6.95. The number of hydrogen-bond donors (Lipinski definition) is 0. The molecule has 1 amide bonds. The van der Waals surface area contributed by atoms with Crippen LogP contribution < -0.4 is 4.90 Å². The predicted molar refractivity (Wildman–Crippen MR) is 107 cm³/mol. The topological polar surface area (TPSA) is 33.2 Å². The number of aromatic nitrogens is 1. The molecule has 0 fully saturated rings. The van der Waals surface area contributed by atoms with Gasteiger partial charge in [-0.25, -0.2) is 0 Å². The zero-order valence-corrected chi connectivity index (χ0v) is 17.0. The molecule has 0 saturated carbocycles. The summed E-state index contributed by atoms with van der Waals surface area (Å²) in [6.45, 7) is 10.4. The highest BCUT2D eigenvalue weighted by molar-refractivity contribution is 7.98. The molecule has 5 heteroatoms. The molecule has 0 aliphatic rings. The van der Waals surface area contributed by atoms with Gasteiger partial charge in [-0.05, 0) is 50.2 Å². The molecule has 0 aliphatic carbocycles. The van der Waals surface area contributed by atoms with E-state index in [1.807, 2.05) is 75.9 Å². The summed E-state index contributed by atoms with van der Waals surface area (Å²) in [4.78, 5) is 20.3. The smallest absolute Gasteiger partial charge is 0.232 e. The number of rotatable bonds is 5. The fourth-order valence-electron chi connectivity index (χ4n) is 2.49. The number of amides is 1. The summed E-state index contributed by atoms with van der Waals surface area (Å²) in [5, 5.41) is 0.742. The van der Waals surface area contributed by atoms with Crippen LogP contribution in [0.25, 0.3) is 0 Å². The maximum atomic E-state index is 12.7. The Morgan fingerprint density at radius 2 is 1.80 bits per heavy atom. The highest BCUT2D eigenvalue weighted by Crippen LogP contribution is 2.28. The van der Waals surface area contributed by atoms with Crippen molar-refractivity contribution < 1.29 is 4.79 Å². The first-order chi connectivity index (χ1) is 11.7. The van der Waals surface area contributed by atoms with Crippen molar-refractivity contribution in [3.05, 3.63) is 52.8 Å². The molecule has 1 aromatic heterocycles. The van der Waals surface area contributed by atoms with E-state index >= 15 is 0 Å². The van der Waals surface area contributed by atoms with E-state index < -0.39 is 5.41 Å². The summed E-state index contributed by atoms with van der Waals surface area (Å²) in [7, 11) is 0. The van der Waals surface area contributed by atoms with Crippen molar-refractivity contribution >= 4 is 35.0 Å². The Labute approximate surface area is 159 Å².